The first-order valence-electron chi connectivity index (χ1n) is 9.74. The number of hydrogen-bond acceptors (Lipinski definition) is 4. The minimum absolute atomic E-state index is 0.0676. The first kappa shape index (κ1) is 25.1. The van der Waals surface area contributed by atoms with Crippen molar-refractivity contribution in [1.82, 2.24) is 0 Å². The fourth-order valence-electron chi connectivity index (χ4n) is 2.85. The summed E-state index contributed by atoms with van der Waals surface area (Å²) in [6.07, 6.45) is 1.49. The number of nitrogens with one attached hydrogen (secondary N) is 1. The Labute approximate surface area is 219 Å². The zero-order valence-electron chi connectivity index (χ0n) is 17.8. The second-order valence-electron chi connectivity index (χ2n) is 7.03. The number of carbonyl (C=O) groups excluding carboxylic acids is 1. The summed E-state index contributed by atoms with van der Waals surface area (Å²) < 4.78 is 13.2. The van der Waals surface area contributed by atoms with Crippen molar-refractivity contribution in [3.8, 4) is 17.6 Å². The smallest absolute Gasteiger partial charge is 0.266 e. The highest BCUT2D eigenvalue weighted by molar-refractivity contribution is 14.1. The van der Waals surface area contributed by atoms with Crippen molar-refractivity contribution in [2.75, 3.05) is 12.4 Å². The highest BCUT2D eigenvalue weighted by Crippen LogP contribution is 2.35. The van der Waals surface area contributed by atoms with Crippen LogP contribution in [0.4, 0.5) is 5.69 Å². The molecule has 0 spiro atoms. The molecule has 0 saturated carbocycles. The van der Waals surface area contributed by atoms with E-state index in [1.807, 2.05) is 37.3 Å². The van der Waals surface area contributed by atoms with Gasteiger partial charge in [-0.05, 0) is 88.7 Å². The van der Waals surface area contributed by atoms with Crippen molar-refractivity contribution in [1.29, 1.82) is 5.26 Å². The number of carbonyl (C=O) groups is 1. The number of halogens is 3. The molecule has 0 aliphatic rings. The summed E-state index contributed by atoms with van der Waals surface area (Å²) in [4.78, 5) is 12.6. The number of rotatable bonds is 7. The average molecular weight is 638 g/mol. The van der Waals surface area contributed by atoms with Gasteiger partial charge in [0.1, 0.15) is 18.2 Å². The number of methoxy groups -OCH3 is 1. The number of nitriles is 1. The quantitative estimate of drug-likeness (QED) is 0.170. The molecule has 0 heterocycles. The number of ether oxygens (including phenoxy) is 2. The summed E-state index contributed by atoms with van der Waals surface area (Å²) in [6.45, 7) is 2.24. The Bertz CT molecular complexity index is 1250. The molecule has 1 amide bonds. The SMILES string of the molecule is COc1cc(/C=C(/C#N)C(=O)Nc2ccc(C)c(Cl)c2)c(Br)cc1OCc1ccc(I)cc1. The van der Waals surface area contributed by atoms with Crippen molar-refractivity contribution in [2.45, 2.75) is 13.5 Å². The molecule has 1 N–H and O–H groups in total. The van der Waals surface area contributed by atoms with E-state index in [4.69, 9.17) is 21.1 Å². The number of benzene rings is 3. The minimum atomic E-state index is -0.540. The molecule has 3 aromatic carbocycles. The Kier molecular flexibility index (Phi) is 8.78. The first-order chi connectivity index (χ1) is 15.8. The number of nitrogens with zero attached hydrogens (tertiary/aromatic N) is 1. The van der Waals surface area contributed by atoms with Crippen LogP contribution in [0.1, 0.15) is 16.7 Å². The maximum absolute atomic E-state index is 12.6. The molecule has 3 rings (SSSR count). The van der Waals surface area contributed by atoms with Crippen molar-refractivity contribution < 1.29 is 14.3 Å². The van der Waals surface area contributed by atoms with Crippen LogP contribution in [0.2, 0.25) is 5.02 Å². The summed E-state index contributed by atoms with van der Waals surface area (Å²) in [5.41, 5.74) is 2.96. The van der Waals surface area contributed by atoms with Gasteiger partial charge in [-0.25, -0.2) is 0 Å². The molecule has 0 fully saturated rings. The van der Waals surface area contributed by atoms with E-state index in [9.17, 15) is 10.1 Å². The lowest BCUT2D eigenvalue weighted by Gasteiger charge is -2.13. The van der Waals surface area contributed by atoms with Gasteiger partial charge in [-0.1, -0.05) is 45.7 Å². The molecule has 0 aliphatic heterocycles. The van der Waals surface area contributed by atoms with Gasteiger partial charge in [-0.15, -0.1) is 0 Å². The summed E-state index contributed by atoms with van der Waals surface area (Å²) in [7, 11) is 1.54. The standard InChI is InChI=1S/C25H19BrClIN2O3/c1-15-3-8-20(11-22(15)27)30-25(31)18(13-29)9-17-10-23(32-2)24(12-21(17)26)33-14-16-4-6-19(28)7-5-16/h3-12H,14H2,1-2H3,(H,30,31)/b18-9-. The third kappa shape index (κ3) is 6.73. The van der Waals surface area contributed by atoms with Crippen LogP contribution in [0.25, 0.3) is 6.08 Å². The van der Waals surface area contributed by atoms with E-state index in [0.717, 1.165) is 14.7 Å². The Morgan fingerprint density at radius 1 is 1.18 bits per heavy atom. The van der Waals surface area contributed by atoms with Crippen LogP contribution in [-0.2, 0) is 11.4 Å². The molecule has 0 radical (unpaired) electrons. The van der Waals surface area contributed by atoms with Gasteiger partial charge in [-0.2, -0.15) is 5.26 Å². The largest absolute Gasteiger partial charge is 0.493 e. The minimum Gasteiger partial charge on any atom is -0.493 e. The van der Waals surface area contributed by atoms with Gasteiger partial charge in [0.2, 0.25) is 0 Å². The van der Waals surface area contributed by atoms with Crippen molar-refractivity contribution >= 4 is 67.8 Å². The molecule has 0 bridgehead atoms. The van der Waals surface area contributed by atoms with Crippen molar-refractivity contribution in [2.24, 2.45) is 0 Å². The first-order valence-corrected chi connectivity index (χ1v) is 12.0. The lowest BCUT2D eigenvalue weighted by Crippen LogP contribution is -2.13. The van der Waals surface area contributed by atoms with Gasteiger partial charge >= 0.3 is 0 Å². The molecule has 168 valence electrons. The highest BCUT2D eigenvalue weighted by Gasteiger charge is 2.14. The van der Waals surface area contributed by atoms with E-state index < -0.39 is 5.91 Å². The molecule has 33 heavy (non-hydrogen) atoms. The van der Waals surface area contributed by atoms with Crippen LogP contribution in [0.3, 0.4) is 0 Å². The van der Waals surface area contributed by atoms with Gasteiger partial charge in [0.05, 0.1) is 7.11 Å². The Morgan fingerprint density at radius 3 is 2.55 bits per heavy atom. The Hall–Kier alpha value is -2.54. The van der Waals surface area contributed by atoms with Crippen molar-refractivity contribution in [3.05, 3.63) is 89.9 Å². The second kappa shape index (κ2) is 11.5. The van der Waals surface area contributed by atoms with E-state index in [2.05, 4.69) is 43.8 Å². The fraction of sp³-hybridized carbons (Fsp3) is 0.120. The number of hydrogen-bond donors (Lipinski definition) is 1. The van der Waals surface area contributed by atoms with E-state index in [1.54, 1.807) is 30.3 Å². The lowest BCUT2D eigenvalue weighted by molar-refractivity contribution is -0.112. The molecule has 0 atom stereocenters. The van der Waals surface area contributed by atoms with Crippen molar-refractivity contribution in [3.63, 3.8) is 0 Å². The normalized spacial score (nSPS) is 11.0. The van der Waals surface area contributed by atoms with Gasteiger partial charge in [-0.3, -0.25) is 4.79 Å². The van der Waals surface area contributed by atoms with Crippen LogP contribution < -0.4 is 14.8 Å². The third-order valence-corrected chi connectivity index (χ3v) is 6.50. The molecule has 0 unspecified atom stereocenters. The van der Waals surface area contributed by atoms with Crippen LogP contribution in [0.5, 0.6) is 11.5 Å². The maximum Gasteiger partial charge on any atom is 0.266 e. The van der Waals surface area contributed by atoms with E-state index in [0.29, 0.717) is 38.9 Å². The predicted octanol–water partition coefficient (Wildman–Crippen LogP) is 7.15. The summed E-state index contributed by atoms with van der Waals surface area (Å²) in [5, 5.41) is 12.8. The summed E-state index contributed by atoms with van der Waals surface area (Å²) in [6, 6.07) is 18.6. The van der Waals surface area contributed by atoms with Gasteiger partial charge < -0.3 is 14.8 Å². The van der Waals surface area contributed by atoms with Gasteiger partial charge in [0.25, 0.3) is 5.91 Å². The fourth-order valence-corrected chi connectivity index (χ4v) is 3.83. The van der Waals surface area contributed by atoms with E-state index in [-0.39, 0.29) is 5.57 Å². The van der Waals surface area contributed by atoms with Crippen LogP contribution in [0.15, 0.2) is 64.6 Å². The number of amides is 1. The molecule has 5 nitrogen and oxygen atoms in total. The zero-order valence-corrected chi connectivity index (χ0v) is 22.3. The third-order valence-electron chi connectivity index (χ3n) is 4.69. The maximum atomic E-state index is 12.6. The second-order valence-corrected chi connectivity index (χ2v) is 9.53. The van der Waals surface area contributed by atoms with Gasteiger partial charge in [0, 0.05) is 18.8 Å². The summed E-state index contributed by atoms with van der Waals surface area (Å²) >= 11 is 11.9. The Balaban J connectivity index is 1.81. The van der Waals surface area contributed by atoms with E-state index >= 15 is 0 Å². The molecular formula is C25H19BrClIN2O3. The molecular weight excluding hydrogens is 619 g/mol. The molecule has 0 aliphatic carbocycles. The number of aryl methyl sites for hydroxylation is 1. The zero-order chi connectivity index (χ0) is 24.0. The number of anilines is 1. The Morgan fingerprint density at radius 2 is 1.91 bits per heavy atom. The van der Waals surface area contributed by atoms with E-state index in [1.165, 1.54) is 13.2 Å². The molecule has 0 saturated heterocycles. The molecule has 3 aromatic rings. The van der Waals surface area contributed by atoms with Crippen LogP contribution in [0, 0.1) is 21.8 Å². The monoisotopic (exact) mass is 636 g/mol. The van der Waals surface area contributed by atoms with Crippen LogP contribution >= 0.6 is 50.1 Å². The topological polar surface area (TPSA) is 71.3 Å². The molecule has 0 aromatic heterocycles. The summed E-state index contributed by atoms with van der Waals surface area (Å²) in [5.74, 6) is 0.484. The highest BCUT2D eigenvalue weighted by atomic mass is 127. The molecule has 8 heteroatoms. The predicted molar refractivity (Wildman–Crippen MR) is 143 cm³/mol. The lowest BCUT2D eigenvalue weighted by atomic mass is 10.1. The average Bonchev–Trinajstić information content (AvgIpc) is 2.80. The van der Waals surface area contributed by atoms with Gasteiger partial charge in [0.15, 0.2) is 11.5 Å². The van der Waals surface area contributed by atoms with Crippen LogP contribution in [-0.4, -0.2) is 13.0 Å².